The van der Waals surface area contributed by atoms with E-state index in [0.717, 1.165) is 47.3 Å². The van der Waals surface area contributed by atoms with Gasteiger partial charge in [0.05, 0.1) is 16.8 Å². The van der Waals surface area contributed by atoms with Crippen LogP contribution < -0.4 is 16.6 Å². The van der Waals surface area contributed by atoms with Gasteiger partial charge in [0.15, 0.2) is 5.82 Å². The van der Waals surface area contributed by atoms with Gasteiger partial charge in [-0.25, -0.2) is 9.78 Å². The minimum absolute atomic E-state index is 0.0962. The molecule has 1 aliphatic carbocycles. The molecule has 1 amide bonds. The standard InChI is InChI=1S/C25H26N6O2/c1-14-3-4-15(2)19(11-14)24(32)27-13-17-7-9-18(10-8-17)31-22-21(25(33)29-28-23(22)26)20(30-31)12-16-5-6-16/h3-4,7-11,16H,5-6,12-13H2,1-2H3,(H2,26,28)(H,27,32)(H,29,33). The maximum absolute atomic E-state index is 12.6. The summed E-state index contributed by atoms with van der Waals surface area (Å²) in [5.74, 6) is 0.721. The number of amides is 1. The summed E-state index contributed by atoms with van der Waals surface area (Å²) in [6, 6.07) is 13.5. The molecule has 0 aliphatic heterocycles. The molecule has 0 spiro atoms. The number of aryl methyl sites for hydroxylation is 2. The Bertz CT molecular complexity index is 1410. The third-order valence-electron chi connectivity index (χ3n) is 6.16. The summed E-state index contributed by atoms with van der Waals surface area (Å²) < 4.78 is 1.70. The van der Waals surface area contributed by atoms with Crippen molar-refractivity contribution in [2.75, 3.05) is 5.73 Å². The molecule has 2 heterocycles. The molecule has 8 heteroatoms. The van der Waals surface area contributed by atoms with Crippen LogP contribution in [0.2, 0.25) is 0 Å². The zero-order chi connectivity index (χ0) is 23.1. The fraction of sp³-hybridized carbons (Fsp3) is 0.280. The number of fused-ring (bicyclic) bond motifs is 1. The first-order chi connectivity index (χ1) is 15.9. The molecule has 1 saturated carbocycles. The van der Waals surface area contributed by atoms with Crippen LogP contribution in [0.1, 0.15) is 45.6 Å². The first kappa shape index (κ1) is 20.9. The molecular formula is C25H26N6O2. The number of carbonyl (C=O) groups is 1. The molecule has 2 aromatic carbocycles. The van der Waals surface area contributed by atoms with E-state index >= 15 is 0 Å². The normalized spacial score (nSPS) is 13.4. The highest BCUT2D eigenvalue weighted by Gasteiger charge is 2.26. The highest BCUT2D eigenvalue weighted by molar-refractivity contribution is 5.95. The molecular weight excluding hydrogens is 416 g/mol. The number of nitrogen functional groups attached to an aromatic ring is 1. The molecule has 0 radical (unpaired) electrons. The van der Waals surface area contributed by atoms with Crippen molar-refractivity contribution in [1.29, 1.82) is 0 Å². The van der Waals surface area contributed by atoms with Gasteiger partial charge in [-0.05, 0) is 68.4 Å². The number of benzene rings is 2. The molecule has 4 N–H and O–H groups in total. The third kappa shape index (κ3) is 4.11. The van der Waals surface area contributed by atoms with E-state index < -0.39 is 0 Å². The second-order valence-corrected chi connectivity index (χ2v) is 8.84. The van der Waals surface area contributed by atoms with Gasteiger partial charge in [0.2, 0.25) is 0 Å². The van der Waals surface area contributed by atoms with Crippen LogP contribution in [0, 0.1) is 19.8 Å². The number of anilines is 1. The predicted octanol–water partition coefficient (Wildman–Crippen LogP) is 3.19. The van der Waals surface area contributed by atoms with E-state index in [0.29, 0.717) is 28.9 Å². The van der Waals surface area contributed by atoms with Crippen LogP contribution in [0.5, 0.6) is 0 Å². The number of H-pyrrole nitrogens is 1. The van der Waals surface area contributed by atoms with Crippen molar-refractivity contribution in [3.8, 4) is 5.69 Å². The number of nitrogens with two attached hydrogens (primary N) is 1. The average Bonchev–Trinajstić information content (AvgIpc) is 3.54. The molecule has 0 atom stereocenters. The maximum Gasteiger partial charge on any atom is 0.275 e. The molecule has 0 unspecified atom stereocenters. The Morgan fingerprint density at radius 1 is 1.18 bits per heavy atom. The van der Waals surface area contributed by atoms with Crippen molar-refractivity contribution in [2.24, 2.45) is 5.92 Å². The van der Waals surface area contributed by atoms with E-state index in [1.807, 2.05) is 56.3 Å². The SMILES string of the molecule is Cc1ccc(C)c(C(=O)NCc2ccc(-n3nc(CC4CC4)c4c(=O)[nH]nc(N)c43)cc2)c1. The van der Waals surface area contributed by atoms with E-state index in [4.69, 9.17) is 10.8 Å². The lowest BCUT2D eigenvalue weighted by Gasteiger charge is -2.10. The van der Waals surface area contributed by atoms with Crippen LogP contribution in [0.3, 0.4) is 0 Å². The number of carbonyl (C=O) groups excluding carboxylic acids is 1. The molecule has 33 heavy (non-hydrogen) atoms. The number of aromatic amines is 1. The number of hydrogen-bond donors (Lipinski definition) is 3. The van der Waals surface area contributed by atoms with Gasteiger partial charge in [0.1, 0.15) is 5.52 Å². The zero-order valence-corrected chi connectivity index (χ0v) is 18.7. The second-order valence-electron chi connectivity index (χ2n) is 8.84. The average molecular weight is 443 g/mol. The van der Waals surface area contributed by atoms with E-state index in [9.17, 15) is 9.59 Å². The molecule has 8 nitrogen and oxygen atoms in total. The third-order valence-corrected chi connectivity index (χ3v) is 6.16. The maximum atomic E-state index is 12.6. The highest BCUT2D eigenvalue weighted by Crippen LogP contribution is 2.34. The van der Waals surface area contributed by atoms with E-state index in [-0.39, 0.29) is 17.3 Å². The van der Waals surface area contributed by atoms with Gasteiger partial charge in [0.25, 0.3) is 11.5 Å². The summed E-state index contributed by atoms with van der Waals surface area (Å²) in [6.45, 7) is 4.31. The number of nitrogens with one attached hydrogen (secondary N) is 2. The van der Waals surface area contributed by atoms with Gasteiger partial charge in [-0.3, -0.25) is 9.59 Å². The van der Waals surface area contributed by atoms with Crippen molar-refractivity contribution >= 4 is 22.6 Å². The second kappa shape index (κ2) is 8.20. The minimum Gasteiger partial charge on any atom is -0.380 e. The summed E-state index contributed by atoms with van der Waals surface area (Å²) in [7, 11) is 0. The van der Waals surface area contributed by atoms with E-state index in [1.54, 1.807) is 4.68 Å². The van der Waals surface area contributed by atoms with Crippen molar-refractivity contribution in [3.05, 3.63) is 80.8 Å². The number of aromatic nitrogens is 4. The van der Waals surface area contributed by atoms with Crippen LogP contribution in [0.25, 0.3) is 16.6 Å². The topological polar surface area (TPSA) is 119 Å². The highest BCUT2D eigenvalue weighted by atomic mass is 16.1. The van der Waals surface area contributed by atoms with Crippen molar-refractivity contribution < 1.29 is 4.79 Å². The Morgan fingerprint density at radius 3 is 2.67 bits per heavy atom. The van der Waals surface area contributed by atoms with E-state index in [1.165, 1.54) is 0 Å². The number of rotatable bonds is 6. The molecule has 1 aliphatic rings. The fourth-order valence-corrected chi connectivity index (χ4v) is 4.10. The van der Waals surface area contributed by atoms with Crippen LogP contribution in [0.4, 0.5) is 5.82 Å². The monoisotopic (exact) mass is 442 g/mol. The van der Waals surface area contributed by atoms with Crippen molar-refractivity contribution in [1.82, 2.24) is 25.3 Å². The van der Waals surface area contributed by atoms with Gasteiger partial charge in [0, 0.05) is 12.1 Å². The van der Waals surface area contributed by atoms with Gasteiger partial charge in [-0.15, -0.1) is 0 Å². The summed E-state index contributed by atoms with van der Waals surface area (Å²) in [5, 5.41) is 14.6. The quantitative estimate of drug-likeness (QED) is 0.424. The Hall–Kier alpha value is -3.94. The predicted molar refractivity (Wildman–Crippen MR) is 127 cm³/mol. The van der Waals surface area contributed by atoms with Crippen LogP contribution in [-0.4, -0.2) is 25.9 Å². The smallest absolute Gasteiger partial charge is 0.275 e. The van der Waals surface area contributed by atoms with Gasteiger partial charge in [-0.1, -0.05) is 29.8 Å². The molecule has 0 saturated heterocycles. The molecule has 5 rings (SSSR count). The molecule has 0 bridgehead atoms. The summed E-state index contributed by atoms with van der Waals surface area (Å²) in [4.78, 5) is 25.1. The molecule has 168 valence electrons. The van der Waals surface area contributed by atoms with Crippen molar-refractivity contribution in [3.63, 3.8) is 0 Å². The largest absolute Gasteiger partial charge is 0.380 e. The van der Waals surface area contributed by atoms with Gasteiger partial charge >= 0.3 is 0 Å². The van der Waals surface area contributed by atoms with Gasteiger partial charge < -0.3 is 11.1 Å². The Kier molecular flexibility index (Phi) is 5.20. The molecule has 4 aromatic rings. The van der Waals surface area contributed by atoms with Crippen molar-refractivity contribution in [2.45, 2.75) is 39.7 Å². The first-order valence-corrected chi connectivity index (χ1v) is 11.1. The molecule has 1 fully saturated rings. The number of nitrogens with zero attached hydrogens (tertiary/aromatic N) is 3. The molecule has 2 aromatic heterocycles. The Labute approximate surface area is 190 Å². The first-order valence-electron chi connectivity index (χ1n) is 11.1. The van der Waals surface area contributed by atoms with Gasteiger partial charge in [-0.2, -0.15) is 10.2 Å². The van der Waals surface area contributed by atoms with Crippen LogP contribution in [0.15, 0.2) is 47.3 Å². The number of hydrogen-bond acceptors (Lipinski definition) is 5. The lowest BCUT2D eigenvalue weighted by Crippen LogP contribution is -2.23. The minimum atomic E-state index is -0.271. The fourth-order valence-electron chi connectivity index (χ4n) is 4.10. The Balaban J connectivity index is 1.39. The Morgan fingerprint density at radius 2 is 1.94 bits per heavy atom. The van der Waals surface area contributed by atoms with Crippen LogP contribution in [-0.2, 0) is 13.0 Å². The zero-order valence-electron chi connectivity index (χ0n) is 18.7. The lowest BCUT2D eigenvalue weighted by atomic mass is 10.0. The van der Waals surface area contributed by atoms with Crippen LogP contribution >= 0.6 is 0 Å². The summed E-state index contributed by atoms with van der Waals surface area (Å²) in [6.07, 6.45) is 3.09. The summed E-state index contributed by atoms with van der Waals surface area (Å²) in [5.41, 5.74) is 11.6. The lowest BCUT2D eigenvalue weighted by molar-refractivity contribution is 0.0950. The summed E-state index contributed by atoms with van der Waals surface area (Å²) >= 11 is 0. The van der Waals surface area contributed by atoms with E-state index in [2.05, 4.69) is 15.5 Å².